The van der Waals surface area contributed by atoms with Gasteiger partial charge in [0.2, 0.25) is 5.91 Å². The molecule has 5 nitrogen and oxygen atoms in total. The molecule has 1 aromatic carbocycles. The first-order valence-corrected chi connectivity index (χ1v) is 7.57. The number of methoxy groups -OCH3 is 1. The average Bonchev–Trinajstić information content (AvgIpc) is 2.55. The van der Waals surface area contributed by atoms with Gasteiger partial charge in [0, 0.05) is 6.54 Å². The topological polar surface area (TPSA) is 59.6 Å². The minimum absolute atomic E-state index is 0. The van der Waals surface area contributed by atoms with Crippen molar-refractivity contribution < 1.29 is 14.3 Å². The van der Waals surface area contributed by atoms with Crippen LogP contribution in [0.2, 0.25) is 0 Å². The van der Waals surface area contributed by atoms with Crippen LogP contribution < -0.4 is 20.1 Å². The Labute approximate surface area is 138 Å². The lowest BCUT2D eigenvalue weighted by Crippen LogP contribution is -2.46. The molecule has 1 aromatic rings. The molecule has 2 rings (SSSR count). The predicted octanol–water partition coefficient (Wildman–Crippen LogP) is 2.14. The Balaban J connectivity index is 0.00000242. The second-order valence-corrected chi connectivity index (χ2v) is 5.17. The molecular weight excluding hydrogens is 304 g/mol. The van der Waals surface area contributed by atoms with E-state index < -0.39 is 0 Å². The van der Waals surface area contributed by atoms with Gasteiger partial charge in [-0.05, 0) is 50.1 Å². The third kappa shape index (κ3) is 6.12. The van der Waals surface area contributed by atoms with Crippen LogP contribution in [0.15, 0.2) is 24.3 Å². The Bertz CT molecular complexity index is 434. The van der Waals surface area contributed by atoms with Gasteiger partial charge in [0.15, 0.2) is 0 Å². The first-order valence-electron chi connectivity index (χ1n) is 7.57. The molecule has 0 spiro atoms. The van der Waals surface area contributed by atoms with Crippen LogP contribution in [0.3, 0.4) is 0 Å². The molecule has 0 bridgehead atoms. The first-order chi connectivity index (χ1) is 10.3. The summed E-state index contributed by atoms with van der Waals surface area (Å²) >= 11 is 0. The van der Waals surface area contributed by atoms with Gasteiger partial charge in [0.1, 0.15) is 11.5 Å². The standard InChI is InChI=1S/C16H24N2O3.ClH/c1-20-13-6-8-14(9-7-13)21-12-4-11-18-16(19)15-5-2-3-10-17-15;/h6-9,15,17H,2-5,10-12H2,1H3,(H,18,19);1H. The second kappa shape index (κ2) is 10.3. The lowest BCUT2D eigenvalue weighted by atomic mass is 10.0. The van der Waals surface area contributed by atoms with Crippen LogP contribution >= 0.6 is 12.4 Å². The number of nitrogens with one attached hydrogen (secondary N) is 2. The maximum absolute atomic E-state index is 11.9. The monoisotopic (exact) mass is 328 g/mol. The summed E-state index contributed by atoms with van der Waals surface area (Å²) < 4.78 is 10.7. The van der Waals surface area contributed by atoms with Crippen LogP contribution in [0.5, 0.6) is 11.5 Å². The molecule has 0 saturated carbocycles. The van der Waals surface area contributed by atoms with Crippen molar-refractivity contribution in [3.8, 4) is 11.5 Å². The fourth-order valence-corrected chi connectivity index (χ4v) is 2.34. The average molecular weight is 329 g/mol. The molecule has 0 aromatic heterocycles. The molecule has 6 heteroatoms. The van der Waals surface area contributed by atoms with E-state index in [4.69, 9.17) is 9.47 Å². The Morgan fingerprint density at radius 2 is 2.00 bits per heavy atom. The Morgan fingerprint density at radius 1 is 1.27 bits per heavy atom. The van der Waals surface area contributed by atoms with E-state index in [0.29, 0.717) is 13.2 Å². The number of rotatable bonds is 7. The third-order valence-electron chi connectivity index (χ3n) is 3.58. The Kier molecular flexibility index (Phi) is 8.70. The molecule has 1 saturated heterocycles. The van der Waals surface area contributed by atoms with Gasteiger partial charge in [0.05, 0.1) is 19.8 Å². The summed E-state index contributed by atoms with van der Waals surface area (Å²) in [4.78, 5) is 11.9. The second-order valence-electron chi connectivity index (χ2n) is 5.17. The van der Waals surface area contributed by atoms with Gasteiger partial charge >= 0.3 is 0 Å². The minimum Gasteiger partial charge on any atom is -0.497 e. The molecule has 1 amide bonds. The maximum atomic E-state index is 11.9. The molecule has 2 N–H and O–H groups in total. The zero-order valence-corrected chi connectivity index (χ0v) is 13.8. The molecule has 0 aliphatic carbocycles. The van der Waals surface area contributed by atoms with Crippen LogP contribution in [-0.4, -0.2) is 38.8 Å². The van der Waals surface area contributed by atoms with Gasteiger partial charge < -0.3 is 20.1 Å². The molecule has 1 unspecified atom stereocenters. The lowest BCUT2D eigenvalue weighted by Gasteiger charge is -2.22. The Morgan fingerprint density at radius 3 is 2.64 bits per heavy atom. The van der Waals surface area contributed by atoms with E-state index in [1.54, 1.807) is 7.11 Å². The van der Waals surface area contributed by atoms with Gasteiger partial charge in [0.25, 0.3) is 0 Å². The molecule has 22 heavy (non-hydrogen) atoms. The van der Waals surface area contributed by atoms with Gasteiger partial charge in [-0.2, -0.15) is 0 Å². The highest BCUT2D eigenvalue weighted by Crippen LogP contribution is 2.16. The van der Waals surface area contributed by atoms with Crippen LogP contribution in [0, 0.1) is 0 Å². The quantitative estimate of drug-likeness (QED) is 0.753. The summed E-state index contributed by atoms with van der Waals surface area (Å²) in [6, 6.07) is 7.48. The summed E-state index contributed by atoms with van der Waals surface area (Å²) in [5, 5.41) is 6.20. The van der Waals surface area contributed by atoms with Gasteiger partial charge in [-0.15, -0.1) is 12.4 Å². The van der Waals surface area contributed by atoms with Crippen LogP contribution in [-0.2, 0) is 4.79 Å². The van der Waals surface area contributed by atoms with E-state index >= 15 is 0 Å². The van der Waals surface area contributed by atoms with Crippen molar-refractivity contribution in [3.63, 3.8) is 0 Å². The summed E-state index contributed by atoms with van der Waals surface area (Å²) in [6.07, 6.45) is 4.03. The molecular formula is C16H25ClN2O3. The number of carbonyl (C=O) groups is 1. The van der Waals surface area contributed by atoms with E-state index in [1.165, 1.54) is 6.42 Å². The van der Waals surface area contributed by atoms with Crippen LogP contribution in [0.4, 0.5) is 0 Å². The number of piperidine rings is 1. The number of amides is 1. The molecule has 1 heterocycles. The zero-order chi connectivity index (χ0) is 14.9. The molecule has 1 fully saturated rings. The molecule has 0 radical (unpaired) electrons. The van der Waals surface area contributed by atoms with E-state index in [1.807, 2.05) is 24.3 Å². The van der Waals surface area contributed by atoms with Crippen molar-refractivity contribution in [2.45, 2.75) is 31.7 Å². The van der Waals surface area contributed by atoms with Crippen molar-refractivity contribution >= 4 is 18.3 Å². The summed E-state index contributed by atoms with van der Waals surface area (Å²) in [7, 11) is 1.64. The van der Waals surface area contributed by atoms with Crippen molar-refractivity contribution in [3.05, 3.63) is 24.3 Å². The highest BCUT2D eigenvalue weighted by atomic mass is 35.5. The Hall–Kier alpha value is -1.46. The summed E-state index contributed by atoms with van der Waals surface area (Å²) in [5.41, 5.74) is 0. The van der Waals surface area contributed by atoms with E-state index in [2.05, 4.69) is 10.6 Å². The van der Waals surface area contributed by atoms with E-state index in [9.17, 15) is 4.79 Å². The number of ether oxygens (including phenoxy) is 2. The lowest BCUT2D eigenvalue weighted by molar-refractivity contribution is -0.123. The number of hydrogen-bond acceptors (Lipinski definition) is 4. The summed E-state index contributed by atoms with van der Waals surface area (Å²) in [5.74, 6) is 1.74. The number of carbonyl (C=O) groups excluding carboxylic acids is 1. The number of hydrogen-bond donors (Lipinski definition) is 2. The van der Waals surface area contributed by atoms with Crippen LogP contribution in [0.25, 0.3) is 0 Å². The predicted molar refractivity (Wildman–Crippen MR) is 89.0 cm³/mol. The largest absolute Gasteiger partial charge is 0.497 e. The van der Waals surface area contributed by atoms with E-state index in [-0.39, 0.29) is 24.4 Å². The van der Waals surface area contributed by atoms with Crippen molar-refractivity contribution in [1.82, 2.24) is 10.6 Å². The molecule has 1 aliphatic heterocycles. The van der Waals surface area contributed by atoms with Crippen molar-refractivity contribution in [1.29, 1.82) is 0 Å². The summed E-state index contributed by atoms with van der Waals surface area (Å²) in [6.45, 7) is 2.18. The normalized spacial score (nSPS) is 17.2. The SMILES string of the molecule is COc1ccc(OCCCNC(=O)C2CCCCN2)cc1.Cl. The van der Waals surface area contributed by atoms with Gasteiger partial charge in [-0.25, -0.2) is 0 Å². The van der Waals surface area contributed by atoms with Crippen molar-refractivity contribution in [2.75, 3.05) is 26.8 Å². The zero-order valence-electron chi connectivity index (χ0n) is 13.0. The molecule has 1 atom stereocenters. The highest BCUT2D eigenvalue weighted by Gasteiger charge is 2.19. The minimum atomic E-state index is -0.0127. The van der Waals surface area contributed by atoms with Gasteiger partial charge in [-0.1, -0.05) is 6.42 Å². The fourth-order valence-electron chi connectivity index (χ4n) is 2.34. The number of halogens is 1. The molecule has 124 valence electrons. The smallest absolute Gasteiger partial charge is 0.237 e. The molecule has 1 aliphatic rings. The fraction of sp³-hybridized carbons (Fsp3) is 0.562. The van der Waals surface area contributed by atoms with Crippen molar-refractivity contribution in [2.24, 2.45) is 0 Å². The maximum Gasteiger partial charge on any atom is 0.237 e. The highest BCUT2D eigenvalue weighted by molar-refractivity contribution is 5.85. The van der Waals surface area contributed by atoms with Crippen LogP contribution in [0.1, 0.15) is 25.7 Å². The third-order valence-corrected chi connectivity index (χ3v) is 3.58. The first kappa shape index (κ1) is 18.6. The van der Waals surface area contributed by atoms with E-state index in [0.717, 1.165) is 37.3 Å². The number of benzene rings is 1. The van der Waals surface area contributed by atoms with Gasteiger partial charge in [-0.3, -0.25) is 4.79 Å².